The van der Waals surface area contributed by atoms with Crippen LogP contribution < -0.4 is 11.1 Å². The van der Waals surface area contributed by atoms with Gasteiger partial charge in [-0.25, -0.2) is 0 Å². The van der Waals surface area contributed by atoms with Gasteiger partial charge in [-0.05, 0) is 40.5 Å². The molecule has 0 radical (unpaired) electrons. The second kappa shape index (κ2) is 7.07. The highest BCUT2D eigenvalue weighted by molar-refractivity contribution is 9.10. The van der Waals surface area contributed by atoms with Crippen LogP contribution in [0.25, 0.3) is 0 Å². The van der Waals surface area contributed by atoms with Crippen LogP contribution in [-0.2, 0) is 11.3 Å². The molecule has 1 aromatic rings. The predicted molar refractivity (Wildman–Crippen MR) is 70.9 cm³/mol. The van der Waals surface area contributed by atoms with E-state index in [9.17, 15) is 14.9 Å². The van der Waals surface area contributed by atoms with Crippen molar-refractivity contribution in [2.45, 2.75) is 19.4 Å². The van der Waals surface area contributed by atoms with Crippen molar-refractivity contribution in [1.29, 1.82) is 0 Å². The van der Waals surface area contributed by atoms with E-state index in [1.165, 1.54) is 6.07 Å². The molecule has 0 atom stereocenters. The number of halogens is 1. The molecule has 0 saturated heterocycles. The summed E-state index contributed by atoms with van der Waals surface area (Å²) in [7, 11) is 0. The van der Waals surface area contributed by atoms with Gasteiger partial charge in [0.25, 0.3) is 5.69 Å². The molecule has 18 heavy (non-hydrogen) atoms. The van der Waals surface area contributed by atoms with Gasteiger partial charge < -0.3 is 11.1 Å². The first-order valence-corrected chi connectivity index (χ1v) is 6.22. The number of amides is 1. The third kappa shape index (κ3) is 4.80. The summed E-state index contributed by atoms with van der Waals surface area (Å²) in [5, 5.41) is 13.8. The van der Waals surface area contributed by atoms with Gasteiger partial charge in [0.05, 0.1) is 9.40 Å². The van der Waals surface area contributed by atoms with Crippen molar-refractivity contribution in [1.82, 2.24) is 5.32 Å². The third-order valence-electron chi connectivity index (χ3n) is 2.31. The van der Waals surface area contributed by atoms with Crippen LogP contribution in [0.3, 0.4) is 0 Å². The van der Waals surface area contributed by atoms with Crippen LogP contribution in [0.4, 0.5) is 5.69 Å². The molecule has 3 N–H and O–H groups in total. The van der Waals surface area contributed by atoms with Crippen molar-refractivity contribution in [3.63, 3.8) is 0 Å². The highest BCUT2D eigenvalue weighted by Crippen LogP contribution is 2.25. The molecule has 0 spiro atoms. The van der Waals surface area contributed by atoms with Crippen LogP contribution in [-0.4, -0.2) is 17.4 Å². The number of hydrogen-bond donors (Lipinski definition) is 2. The minimum absolute atomic E-state index is 0.0476. The Morgan fingerprint density at radius 3 is 2.83 bits per heavy atom. The molecule has 0 aliphatic carbocycles. The number of nitro groups is 1. The number of rotatable bonds is 7. The number of nitrogens with one attached hydrogen (secondary N) is 1. The Morgan fingerprint density at radius 2 is 2.22 bits per heavy atom. The summed E-state index contributed by atoms with van der Waals surface area (Å²) in [5.74, 6) is -0.323. The zero-order valence-corrected chi connectivity index (χ0v) is 11.3. The molecule has 98 valence electrons. The maximum atomic E-state index is 10.7. The summed E-state index contributed by atoms with van der Waals surface area (Å²) >= 11 is 3.13. The summed E-state index contributed by atoms with van der Waals surface area (Å²) in [6.45, 7) is 1.17. The molecule has 7 heteroatoms. The Balaban J connectivity index is 2.45. The smallest absolute Gasteiger partial charge is 0.283 e. The Hall–Kier alpha value is -1.47. The first-order valence-electron chi connectivity index (χ1n) is 5.42. The Labute approximate surface area is 113 Å². The molecule has 0 bridgehead atoms. The molecule has 6 nitrogen and oxygen atoms in total. The molecule has 0 unspecified atom stereocenters. The van der Waals surface area contributed by atoms with Crippen molar-refractivity contribution in [3.8, 4) is 0 Å². The van der Waals surface area contributed by atoms with Crippen molar-refractivity contribution >= 4 is 27.5 Å². The number of nitrogens with zero attached hydrogens (tertiary/aromatic N) is 1. The molecule has 0 aromatic heterocycles. The lowest BCUT2D eigenvalue weighted by Gasteiger charge is -2.04. The largest absolute Gasteiger partial charge is 0.370 e. The van der Waals surface area contributed by atoms with Gasteiger partial charge >= 0.3 is 0 Å². The van der Waals surface area contributed by atoms with Crippen molar-refractivity contribution < 1.29 is 9.72 Å². The Bertz CT molecular complexity index is 451. The van der Waals surface area contributed by atoms with E-state index >= 15 is 0 Å². The first kappa shape index (κ1) is 14.6. The fraction of sp³-hybridized carbons (Fsp3) is 0.364. The fourth-order valence-electron chi connectivity index (χ4n) is 1.43. The van der Waals surface area contributed by atoms with Crippen molar-refractivity contribution in [2.24, 2.45) is 5.73 Å². The number of carbonyl (C=O) groups is 1. The van der Waals surface area contributed by atoms with Crippen LogP contribution in [0.15, 0.2) is 22.7 Å². The van der Waals surface area contributed by atoms with Gasteiger partial charge in [-0.2, -0.15) is 0 Å². The van der Waals surface area contributed by atoms with E-state index in [0.717, 1.165) is 5.56 Å². The maximum Gasteiger partial charge on any atom is 0.283 e. The first-order chi connectivity index (χ1) is 8.50. The Morgan fingerprint density at radius 1 is 1.50 bits per heavy atom. The van der Waals surface area contributed by atoms with Crippen molar-refractivity contribution in [3.05, 3.63) is 38.3 Å². The topological polar surface area (TPSA) is 98.3 Å². The summed E-state index contributed by atoms with van der Waals surface area (Å²) in [6.07, 6.45) is 1.00. The van der Waals surface area contributed by atoms with E-state index in [1.807, 2.05) is 0 Å². The zero-order chi connectivity index (χ0) is 13.5. The Kier molecular flexibility index (Phi) is 5.73. The minimum Gasteiger partial charge on any atom is -0.370 e. The molecule has 1 aromatic carbocycles. The molecular weight excluding hydrogens is 302 g/mol. The van der Waals surface area contributed by atoms with Crippen LogP contribution in [0.5, 0.6) is 0 Å². The van der Waals surface area contributed by atoms with E-state index in [1.54, 1.807) is 12.1 Å². The number of nitrogens with two attached hydrogens (primary N) is 1. The molecule has 0 fully saturated rings. The van der Waals surface area contributed by atoms with Gasteiger partial charge in [0, 0.05) is 19.0 Å². The summed E-state index contributed by atoms with van der Waals surface area (Å²) in [4.78, 5) is 20.8. The van der Waals surface area contributed by atoms with Gasteiger partial charge in [-0.1, -0.05) is 6.07 Å². The lowest BCUT2D eigenvalue weighted by molar-refractivity contribution is -0.385. The van der Waals surface area contributed by atoms with Gasteiger partial charge in [-0.3, -0.25) is 14.9 Å². The van der Waals surface area contributed by atoms with Crippen LogP contribution in [0.1, 0.15) is 18.4 Å². The molecular formula is C11H14BrN3O3. The second-order valence-electron chi connectivity index (χ2n) is 3.79. The van der Waals surface area contributed by atoms with E-state index in [4.69, 9.17) is 5.73 Å². The SMILES string of the molecule is NC(=O)CCCNCc1ccc(Br)c([N+](=O)[O-])c1. The standard InChI is InChI=1S/C11H14BrN3O3/c12-9-4-3-8(6-10(9)15(17)18)7-14-5-1-2-11(13)16/h3-4,6,14H,1-2,5,7H2,(H2,13,16). The number of primary amides is 1. The van der Waals surface area contributed by atoms with E-state index in [0.29, 0.717) is 30.4 Å². The summed E-state index contributed by atoms with van der Waals surface area (Å²) in [5.41, 5.74) is 5.88. The summed E-state index contributed by atoms with van der Waals surface area (Å²) < 4.78 is 0.463. The maximum absolute atomic E-state index is 10.7. The zero-order valence-electron chi connectivity index (χ0n) is 9.69. The fourth-order valence-corrected chi connectivity index (χ4v) is 1.82. The number of hydrogen-bond acceptors (Lipinski definition) is 4. The number of carbonyl (C=O) groups excluding carboxylic acids is 1. The minimum atomic E-state index is -0.430. The van der Waals surface area contributed by atoms with Crippen molar-refractivity contribution in [2.75, 3.05) is 6.54 Å². The lowest BCUT2D eigenvalue weighted by atomic mass is 10.2. The van der Waals surface area contributed by atoms with Crippen LogP contribution >= 0.6 is 15.9 Å². The molecule has 0 heterocycles. The predicted octanol–water partition coefficient (Wildman–Crippen LogP) is 1.71. The monoisotopic (exact) mass is 315 g/mol. The van der Waals surface area contributed by atoms with Crippen LogP contribution in [0.2, 0.25) is 0 Å². The lowest BCUT2D eigenvalue weighted by Crippen LogP contribution is -2.18. The number of nitro benzene ring substituents is 1. The summed E-state index contributed by atoms with van der Waals surface area (Å²) in [6, 6.07) is 4.97. The highest BCUT2D eigenvalue weighted by atomic mass is 79.9. The highest BCUT2D eigenvalue weighted by Gasteiger charge is 2.11. The van der Waals surface area contributed by atoms with Crippen LogP contribution in [0, 0.1) is 10.1 Å². The van der Waals surface area contributed by atoms with E-state index in [-0.39, 0.29) is 11.6 Å². The molecule has 1 rings (SSSR count). The molecule has 0 aliphatic rings. The number of benzene rings is 1. The van der Waals surface area contributed by atoms with Gasteiger partial charge in [0.2, 0.25) is 5.91 Å². The van der Waals surface area contributed by atoms with Gasteiger partial charge in [-0.15, -0.1) is 0 Å². The molecule has 1 amide bonds. The second-order valence-corrected chi connectivity index (χ2v) is 4.64. The van der Waals surface area contributed by atoms with E-state index < -0.39 is 4.92 Å². The quantitative estimate of drug-likeness (QED) is 0.454. The molecule has 0 aliphatic heterocycles. The van der Waals surface area contributed by atoms with Gasteiger partial charge in [0.15, 0.2) is 0 Å². The molecule has 0 saturated carbocycles. The van der Waals surface area contributed by atoms with E-state index in [2.05, 4.69) is 21.2 Å². The van der Waals surface area contributed by atoms with Gasteiger partial charge in [0.1, 0.15) is 0 Å². The third-order valence-corrected chi connectivity index (χ3v) is 2.98. The average Bonchev–Trinajstić information content (AvgIpc) is 2.30. The average molecular weight is 316 g/mol. The normalized spacial score (nSPS) is 10.3.